The van der Waals surface area contributed by atoms with Gasteiger partial charge in [0.1, 0.15) is 6.29 Å². The third-order valence-electron chi connectivity index (χ3n) is 9.11. The quantitative estimate of drug-likeness (QED) is 0.249. The highest BCUT2D eigenvalue weighted by molar-refractivity contribution is 6.31. The van der Waals surface area contributed by atoms with Crippen molar-refractivity contribution in [3.63, 3.8) is 0 Å². The molecule has 4 rings (SSSR count). The molecule has 3 N–H and O–H groups in total. The van der Waals surface area contributed by atoms with Crippen LogP contribution >= 0.6 is 23.2 Å². The van der Waals surface area contributed by atoms with Crippen LogP contribution in [-0.4, -0.2) is 86.3 Å². The van der Waals surface area contributed by atoms with Crippen LogP contribution in [0.3, 0.4) is 0 Å². The Morgan fingerprint density at radius 1 is 1.11 bits per heavy atom. The molecule has 2 heterocycles. The molecule has 2 amide bonds. The maximum atomic E-state index is 14.1. The molecule has 2 fully saturated rings. The SMILES string of the molecule is CNc1cc(Cl)c(C)cc1[C@]1(C=O)[C@@H](CC(C)(C)C)N[C@@H](C(=O)NCCCN2CCN(C(C)=O)CC2)[C@@H]1c1cccc(Cl)c1. The minimum Gasteiger partial charge on any atom is -0.388 e. The summed E-state index contributed by atoms with van der Waals surface area (Å²) in [6.45, 7) is 14.5. The molecule has 0 radical (unpaired) electrons. The first-order chi connectivity index (χ1) is 20.8. The van der Waals surface area contributed by atoms with Crippen LogP contribution in [0.5, 0.6) is 0 Å². The molecule has 44 heavy (non-hydrogen) atoms. The van der Waals surface area contributed by atoms with Crippen molar-refractivity contribution in [2.24, 2.45) is 5.41 Å². The number of amides is 2. The van der Waals surface area contributed by atoms with Crippen LogP contribution < -0.4 is 16.0 Å². The molecule has 240 valence electrons. The highest BCUT2D eigenvalue weighted by Gasteiger charge is 2.59. The van der Waals surface area contributed by atoms with Crippen LogP contribution in [-0.2, 0) is 19.8 Å². The lowest BCUT2D eigenvalue weighted by molar-refractivity contribution is -0.130. The highest BCUT2D eigenvalue weighted by Crippen LogP contribution is 2.52. The molecule has 8 nitrogen and oxygen atoms in total. The van der Waals surface area contributed by atoms with Crippen molar-refractivity contribution in [2.45, 2.75) is 70.9 Å². The zero-order valence-corrected chi connectivity index (χ0v) is 28.3. The Morgan fingerprint density at radius 3 is 2.41 bits per heavy atom. The second kappa shape index (κ2) is 14.2. The average molecular weight is 645 g/mol. The van der Waals surface area contributed by atoms with E-state index in [-0.39, 0.29) is 23.3 Å². The predicted octanol–water partition coefficient (Wildman–Crippen LogP) is 5.01. The Kier molecular flexibility index (Phi) is 11.0. The van der Waals surface area contributed by atoms with Gasteiger partial charge in [-0.3, -0.25) is 14.5 Å². The first kappa shape index (κ1) is 34.2. The van der Waals surface area contributed by atoms with Gasteiger partial charge in [0.25, 0.3) is 0 Å². The zero-order valence-electron chi connectivity index (χ0n) is 26.8. The highest BCUT2D eigenvalue weighted by atomic mass is 35.5. The van der Waals surface area contributed by atoms with Crippen LogP contribution in [0, 0.1) is 12.3 Å². The monoisotopic (exact) mass is 643 g/mol. The lowest BCUT2D eigenvalue weighted by Gasteiger charge is -2.39. The fraction of sp³-hybridized carbons (Fsp3) is 0.559. The molecular weight excluding hydrogens is 597 g/mol. The Hall–Kier alpha value is -2.65. The summed E-state index contributed by atoms with van der Waals surface area (Å²) in [6, 6.07) is 10.3. The summed E-state index contributed by atoms with van der Waals surface area (Å²) in [7, 11) is 1.82. The average Bonchev–Trinajstić information content (AvgIpc) is 3.29. The first-order valence-electron chi connectivity index (χ1n) is 15.5. The number of hydrogen-bond donors (Lipinski definition) is 3. The van der Waals surface area contributed by atoms with Gasteiger partial charge in [0.05, 0.1) is 11.5 Å². The van der Waals surface area contributed by atoms with Crippen molar-refractivity contribution in [2.75, 3.05) is 51.6 Å². The number of halogens is 2. The lowest BCUT2D eigenvalue weighted by atomic mass is 9.62. The summed E-state index contributed by atoms with van der Waals surface area (Å²) in [5, 5.41) is 11.2. The number of aryl methyl sites for hydroxylation is 1. The summed E-state index contributed by atoms with van der Waals surface area (Å²) in [5.74, 6) is -0.559. The van der Waals surface area contributed by atoms with Crippen LogP contribution in [0.25, 0.3) is 0 Å². The summed E-state index contributed by atoms with van der Waals surface area (Å²) < 4.78 is 0. The van der Waals surface area contributed by atoms with Gasteiger partial charge in [0.2, 0.25) is 11.8 Å². The number of nitrogens with one attached hydrogen (secondary N) is 3. The molecule has 2 saturated heterocycles. The normalized spacial score (nSPS) is 24.3. The standard InChI is InChI=1S/C34H47Cl2N5O3/c1-22-17-26(28(37-6)19-27(22)36)34(21-42)29(20-33(3,4)5)39-31(30(34)24-9-7-10-25(35)18-24)32(44)38-11-8-12-40-13-15-41(16-14-40)23(2)43/h7,9-10,17-19,21,29-31,37,39H,8,11-16,20H2,1-6H3,(H,38,44)/t29-,30+,31-,34-/m1/s1. The minimum absolute atomic E-state index is 0.113. The first-order valence-corrected chi connectivity index (χ1v) is 16.3. The summed E-state index contributed by atoms with van der Waals surface area (Å²) in [6.07, 6.45) is 2.48. The van der Waals surface area contributed by atoms with Crippen molar-refractivity contribution >= 4 is 47.0 Å². The Morgan fingerprint density at radius 2 is 1.82 bits per heavy atom. The van der Waals surface area contributed by atoms with E-state index in [0.717, 1.165) is 67.8 Å². The van der Waals surface area contributed by atoms with Crippen molar-refractivity contribution < 1.29 is 14.4 Å². The van der Waals surface area contributed by atoms with E-state index in [1.54, 1.807) is 13.0 Å². The second-order valence-electron chi connectivity index (χ2n) is 13.4. The zero-order chi connectivity index (χ0) is 32.2. The van der Waals surface area contributed by atoms with E-state index in [4.69, 9.17) is 23.2 Å². The summed E-state index contributed by atoms with van der Waals surface area (Å²) >= 11 is 13.1. The van der Waals surface area contributed by atoms with Crippen molar-refractivity contribution in [3.05, 3.63) is 63.1 Å². The Bertz CT molecular complexity index is 1350. The van der Waals surface area contributed by atoms with Gasteiger partial charge in [-0.15, -0.1) is 0 Å². The molecule has 4 atom stereocenters. The molecule has 2 aromatic rings. The molecule has 0 bridgehead atoms. The van der Waals surface area contributed by atoms with Gasteiger partial charge in [-0.25, -0.2) is 0 Å². The van der Waals surface area contributed by atoms with Crippen LogP contribution in [0.4, 0.5) is 5.69 Å². The van der Waals surface area contributed by atoms with Crippen molar-refractivity contribution in [1.82, 2.24) is 20.4 Å². The molecule has 0 spiro atoms. The van der Waals surface area contributed by atoms with Crippen molar-refractivity contribution in [3.8, 4) is 0 Å². The van der Waals surface area contributed by atoms with E-state index in [2.05, 4.69) is 41.6 Å². The van der Waals surface area contributed by atoms with Crippen LogP contribution in [0.2, 0.25) is 10.0 Å². The van der Waals surface area contributed by atoms with Gasteiger partial charge in [-0.1, -0.05) is 62.2 Å². The number of carbonyl (C=O) groups is 3. The fourth-order valence-electron chi connectivity index (χ4n) is 6.91. The summed E-state index contributed by atoms with van der Waals surface area (Å²) in [4.78, 5) is 43.7. The maximum Gasteiger partial charge on any atom is 0.237 e. The van der Waals surface area contributed by atoms with Gasteiger partial charge in [0, 0.05) is 74.4 Å². The number of piperazine rings is 1. The number of carbonyl (C=O) groups excluding carboxylic acids is 3. The number of anilines is 1. The van der Waals surface area contributed by atoms with Gasteiger partial charge in [-0.05, 0) is 66.6 Å². The fourth-order valence-corrected chi connectivity index (χ4v) is 7.27. The number of benzene rings is 2. The van der Waals surface area contributed by atoms with Gasteiger partial charge in [0.15, 0.2) is 0 Å². The third-order valence-corrected chi connectivity index (χ3v) is 9.75. The van der Waals surface area contributed by atoms with Crippen LogP contribution in [0.15, 0.2) is 36.4 Å². The summed E-state index contributed by atoms with van der Waals surface area (Å²) in [5.41, 5.74) is 2.02. The molecule has 2 aliphatic heterocycles. The molecule has 0 aromatic heterocycles. The maximum absolute atomic E-state index is 14.1. The molecule has 10 heteroatoms. The van der Waals surface area contributed by atoms with E-state index in [9.17, 15) is 14.4 Å². The second-order valence-corrected chi connectivity index (χ2v) is 14.3. The van der Waals surface area contributed by atoms with Crippen LogP contribution in [0.1, 0.15) is 63.1 Å². The lowest BCUT2D eigenvalue weighted by Crippen LogP contribution is -2.49. The van der Waals surface area contributed by atoms with E-state index >= 15 is 0 Å². The van der Waals surface area contributed by atoms with E-state index in [1.165, 1.54) is 0 Å². The molecule has 2 aliphatic rings. The Labute approximate surface area is 272 Å². The minimum atomic E-state index is -1.09. The van der Waals surface area contributed by atoms with E-state index < -0.39 is 17.4 Å². The third kappa shape index (κ3) is 7.41. The smallest absolute Gasteiger partial charge is 0.237 e. The van der Waals surface area contributed by atoms with E-state index in [0.29, 0.717) is 23.0 Å². The molecular formula is C34H47Cl2N5O3. The predicted molar refractivity (Wildman–Crippen MR) is 179 cm³/mol. The number of hydrogen-bond acceptors (Lipinski definition) is 6. The van der Waals surface area contributed by atoms with Gasteiger partial charge in [-0.2, -0.15) is 0 Å². The number of nitrogens with zero attached hydrogens (tertiary/aromatic N) is 2. The van der Waals surface area contributed by atoms with Gasteiger partial charge >= 0.3 is 0 Å². The Balaban J connectivity index is 1.67. The van der Waals surface area contributed by atoms with E-state index in [1.807, 2.05) is 49.2 Å². The van der Waals surface area contributed by atoms with Gasteiger partial charge < -0.3 is 25.6 Å². The molecule has 0 saturated carbocycles. The number of rotatable bonds is 10. The molecule has 2 aromatic carbocycles. The molecule has 0 aliphatic carbocycles. The van der Waals surface area contributed by atoms with Crippen molar-refractivity contribution in [1.29, 1.82) is 0 Å². The number of aldehydes is 1. The largest absolute Gasteiger partial charge is 0.388 e. The molecule has 0 unspecified atom stereocenters. The topological polar surface area (TPSA) is 93.8 Å².